The van der Waals surface area contributed by atoms with E-state index in [2.05, 4.69) is 15.4 Å². The van der Waals surface area contributed by atoms with Gasteiger partial charge in [0, 0.05) is 30.3 Å². The van der Waals surface area contributed by atoms with Crippen LogP contribution in [0, 0.1) is 6.92 Å². The minimum atomic E-state index is -0.223. The van der Waals surface area contributed by atoms with Crippen LogP contribution in [0.25, 0.3) is 0 Å². The number of aromatic nitrogens is 3. The van der Waals surface area contributed by atoms with Crippen LogP contribution in [0.15, 0.2) is 41.9 Å². The molecule has 0 fully saturated rings. The van der Waals surface area contributed by atoms with Crippen molar-refractivity contribution in [2.24, 2.45) is 7.05 Å². The molecule has 3 aromatic rings. The van der Waals surface area contributed by atoms with E-state index in [0.29, 0.717) is 23.7 Å². The molecule has 7 heteroatoms. The van der Waals surface area contributed by atoms with Crippen molar-refractivity contribution in [3.63, 3.8) is 0 Å². The summed E-state index contributed by atoms with van der Waals surface area (Å²) in [7, 11) is 1.80. The van der Waals surface area contributed by atoms with Gasteiger partial charge in [-0.2, -0.15) is 5.10 Å². The number of nitrogens with one attached hydrogen (secondary N) is 1. The van der Waals surface area contributed by atoms with Gasteiger partial charge in [-0.05, 0) is 25.1 Å². The average molecular weight is 328 g/mol. The smallest absolute Gasteiger partial charge is 0.256 e. The van der Waals surface area contributed by atoms with Crippen LogP contribution >= 0.6 is 11.3 Å². The number of benzene rings is 1. The summed E-state index contributed by atoms with van der Waals surface area (Å²) in [6, 6.07) is 8.78. The molecule has 2 heterocycles. The van der Waals surface area contributed by atoms with Crippen molar-refractivity contribution in [3.8, 4) is 5.75 Å². The second-order valence-electron chi connectivity index (χ2n) is 5.00. The van der Waals surface area contributed by atoms with E-state index in [1.165, 1.54) is 0 Å². The van der Waals surface area contributed by atoms with Crippen LogP contribution in [0.4, 0.5) is 5.82 Å². The molecular formula is C16H16N4O2S. The average Bonchev–Trinajstić information content (AvgIpc) is 3.14. The zero-order chi connectivity index (χ0) is 16.2. The van der Waals surface area contributed by atoms with Crippen molar-refractivity contribution in [2.45, 2.75) is 13.5 Å². The van der Waals surface area contributed by atoms with Crippen LogP contribution in [0.2, 0.25) is 0 Å². The Morgan fingerprint density at radius 2 is 2.26 bits per heavy atom. The SMILES string of the molecule is Cc1nc(COc2cccc(C(=O)Nc3ccn(C)n3)c2)cs1. The maximum absolute atomic E-state index is 12.2. The number of rotatable bonds is 5. The lowest BCUT2D eigenvalue weighted by atomic mass is 10.2. The van der Waals surface area contributed by atoms with Crippen molar-refractivity contribution >= 4 is 23.1 Å². The first-order valence-corrected chi connectivity index (χ1v) is 7.93. The molecule has 0 radical (unpaired) electrons. The Morgan fingerprint density at radius 1 is 1.39 bits per heavy atom. The normalized spacial score (nSPS) is 10.5. The van der Waals surface area contributed by atoms with E-state index >= 15 is 0 Å². The lowest BCUT2D eigenvalue weighted by Crippen LogP contribution is -2.12. The molecule has 0 atom stereocenters. The Balaban J connectivity index is 1.65. The largest absolute Gasteiger partial charge is 0.487 e. The molecular weight excluding hydrogens is 312 g/mol. The molecule has 118 valence electrons. The van der Waals surface area contributed by atoms with E-state index in [4.69, 9.17) is 4.74 Å². The summed E-state index contributed by atoms with van der Waals surface area (Å²) in [4.78, 5) is 16.6. The third-order valence-electron chi connectivity index (χ3n) is 3.10. The number of thiazole rings is 1. The predicted molar refractivity (Wildman–Crippen MR) is 88.8 cm³/mol. The number of hydrogen-bond acceptors (Lipinski definition) is 5. The van der Waals surface area contributed by atoms with Crippen LogP contribution in [0.5, 0.6) is 5.75 Å². The summed E-state index contributed by atoms with van der Waals surface area (Å²) in [5, 5.41) is 9.84. The number of carbonyl (C=O) groups is 1. The first-order chi connectivity index (χ1) is 11.1. The number of aryl methyl sites for hydroxylation is 2. The summed E-state index contributed by atoms with van der Waals surface area (Å²) >= 11 is 1.59. The van der Waals surface area contributed by atoms with Gasteiger partial charge in [-0.3, -0.25) is 9.48 Å². The second kappa shape index (κ2) is 6.62. The molecule has 0 bridgehead atoms. The molecule has 0 saturated carbocycles. The van der Waals surface area contributed by atoms with Gasteiger partial charge in [0.15, 0.2) is 5.82 Å². The Hall–Kier alpha value is -2.67. The zero-order valence-electron chi connectivity index (χ0n) is 12.8. The monoisotopic (exact) mass is 328 g/mol. The molecule has 1 aromatic carbocycles. The van der Waals surface area contributed by atoms with E-state index in [0.717, 1.165) is 10.7 Å². The molecule has 0 aliphatic rings. The van der Waals surface area contributed by atoms with Gasteiger partial charge in [-0.1, -0.05) is 6.07 Å². The van der Waals surface area contributed by atoms with E-state index < -0.39 is 0 Å². The molecule has 0 spiro atoms. The minimum absolute atomic E-state index is 0.223. The molecule has 6 nitrogen and oxygen atoms in total. The molecule has 3 rings (SSSR count). The molecule has 0 saturated heterocycles. The maximum atomic E-state index is 12.2. The van der Waals surface area contributed by atoms with Crippen molar-refractivity contribution in [1.82, 2.24) is 14.8 Å². The number of amides is 1. The standard InChI is InChI=1S/C16H16N4O2S/c1-11-17-13(10-23-11)9-22-14-5-3-4-12(8-14)16(21)18-15-6-7-20(2)19-15/h3-8,10H,9H2,1-2H3,(H,18,19,21). The van der Waals surface area contributed by atoms with Gasteiger partial charge in [0.2, 0.25) is 0 Å². The van der Waals surface area contributed by atoms with Gasteiger partial charge < -0.3 is 10.1 Å². The number of ether oxygens (including phenoxy) is 1. The zero-order valence-corrected chi connectivity index (χ0v) is 13.6. The maximum Gasteiger partial charge on any atom is 0.256 e. The first-order valence-electron chi connectivity index (χ1n) is 7.05. The van der Waals surface area contributed by atoms with Gasteiger partial charge in [-0.15, -0.1) is 11.3 Å². The molecule has 23 heavy (non-hydrogen) atoms. The molecule has 1 amide bonds. The Labute approximate surface area is 137 Å². The van der Waals surface area contributed by atoms with Crippen LogP contribution < -0.4 is 10.1 Å². The lowest BCUT2D eigenvalue weighted by molar-refractivity contribution is 0.102. The highest BCUT2D eigenvalue weighted by atomic mass is 32.1. The summed E-state index contributed by atoms with van der Waals surface area (Å²) in [6.07, 6.45) is 1.77. The number of carbonyl (C=O) groups excluding carboxylic acids is 1. The number of hydrogen-bond donors (Lipinski definition) is 1. The van der Waals surface area contributed by atoms with Crippen LogP contribution in [-0.4, -0.2) is 20.7 Å². The highest BCUT2D eigenvalue weighted by Gasteiger charge is 2.09. The van der Waals surface area contributed by atoms with Gasteiger partial charge in [0.25, 0.3) is 5.91 Å². The number of anilines is 1. The van der Waals surface area contributed by atoms with Gasteiger partial charge >= 0.3 is 0 Å². The topological polar surface area (TPSA) is 69.0 Å². The fraction of sp³-hybridized carbons (Fsp3) is 0.188. The van der Waals surface area contributed by atoms with Crippen molar-refractivity contribution in [1.29, 1.82) is 0 Å². The van der Waals surface area contributed by atoms with Gasteiger partial charge in [-0.25, -0.2) is 4.98 Å². The van der Waals surface area contributed by atoms with E-state index in [9.17, 15) is 4.79 Å². The minimum Gasteiger partial charge on any atom is -0.487 e. The predicted octanol–water partition coefficient (Wildman–Crippen LogP) is 3.02. The van der Waals surface area contributed by atoms with Crippen molar-refractivity contribution in [2.75, 3.05) is 5.32 Å². The number of nitrogens with zero attached hydrogens (tertiary/aromatic N) is 3. The van der Waals surface area contributed by atoms with Crippen molar-refractivity contribution in [3.05, 3.63) is 58.2 Å². The van der Waals surface area contributed by atoms with Crippen molar-refractivity contribution < 1.29 is 9.53 Å². The molecule has 2 aromatic heterocycles. The molecule has 0 aliphatic carbocycles. The Morgan fingerprint density at radius 3 is 2.96 bits per heavy atom. The Kier molecular flexibility index (Phi) is 4.38. The second-order valence-corrected chi connectivity index (χ2v) is 6.07. The molecule has 0 unspecified atom stereocenters. The summed E-state index contributed by atoms with van der Waals surface area (Å²) in [5.41, 5.74) is 1.40. The summed E-state index contributed by atoms with van der Waals surface area (Å²) < 4.78 is 7.32. The molecule has 1 N–H and O–H groups in total. The van der Waals surface area contributed by atoms with Crippen LogP contribution in [0.3, 0.4) is 0 Å². The summed E-state index contributed by atoms with van der Waals surface area (Å²) in [5.74, 6) is 0.921. The first kappa shape index (κ1) is 15.2. The third kappa shape index (κ3) is 3.95. The van der Waals surface area contributed by atoms with E-state index in [-0.39, 0.29) is 5.91 Å². The van der Waals surface area contributed by atoms with E-state index in [1.807, 2.05) is 18.4 Å². The summed E-state index contributed by atoms with van der Waals surface area (Å²) in [6.45, 7) is 2.34. The fourth-order valence-electron chi connectivity index (χ4n) is 2.03. The lowest BCUT2D eigenvalue weighted by Gasteiger charge is -2.07. The van der Waals surface area contributed by atoms with Gasteiger partial charge in [0.05, 0.1) is 10.7 Å². The van der Waals surface area contributed by atoms with Gasteiger partial charge in [0.1, 0.15) is 12.4 Å². The Bertz CT molecular complexity index is 825. The fourth-order valence-corrected chi connectivity index (χ4v) is 2.63. The third-order valence-corrected chi connectivity index (χ3v) is 3.93. The van der Waals surface area contributed by atoms with Crippen LogP contribution in [0.1, 0.15) is 21.1 Å². The van der Waals surface area contributed by atoms with E-state index in [1.54, 1.807) is 53.5 Å². The highest BCUT2D eigenvalue weighted by molar-refractivity contribution is 7.09. The molecule has 0 aliphatic heterocycles. The highest BCUT2D eigenvalue weighted by Crippen LogP contribution is 2.17. The quantitative estimate of drug-likeness (QED) is 0.781. The van der Waals surface area contributed by atoms with Crippen LogP contribution in [-0.2, 0) is 13.7 Å².